The van der Waals surface area contributed by atoms with E-state index in [1.807, 2.05) is 17.9 Å². The number of aromatic nitrogens is 2. The number of hydrogen-bond donors (Lipinski definition) is 1. The van der Waals surface area contributed by atoms with E-state index in [4.69, 9.17) is 16.3 Å². The third-order valence-corrected chi connectivity index (χ3v) is 5.62. The molecule has 2 aliphatic heterocycles. The highest BCUT2D eigenvalue weighted by atomic mass is 35.5. The minimum atomic E-state index is -0.556. The van der Waals surface area contributed by atoms with Crippen LogP contribution in [0.2, 0.25) is 5.28 Å². The van der Waals surface area contributed by atoms with Gasteiger partial charge in [-0.1, -0.05) is 0 Å². The SMILES string of the molecule is CC(=O)NC[C@H]1CN(c2ccc(N3CCN(c4cc(C)nc(Cl)n4)CC3)c(F)c2)C(=O)O1. The van der Waals surface area contributed by atoms with Crippen molar-refractivity contribution in [3.8, 4) is 0 Å². The molecule has 2 fully saturated rings. The topological polar surface area (TPSA) is 90.9 Å². The lowest BCUT2D eigenvalue weighted by atomic mass is 10.2. The number of nitrogens with one attached hydrogen (secondary N) is 1. The average molecular weight is 463 g/mol. The van der Waals surface area contributed by atoms with Gasteiger partial charge in [0.1, 0.15) is 17.7 Å². The number of aryl methyl sites for hydroxylation is 1. The normalized spacial score (nSPS) is 18.7. The summed E-state index contributed by atoms with van der Waals surface area (Å²) in [6.07, 6.45) is -1.03. The smallest absolute Gasteiger partial charge is 0.414 e. The molecule has 2 amide bonds. The Morgan fingerprint density at radius 1 is 1.22 bits per heavy atom. The highest BCUT2D eigenvalue weighted by molar-refractivity contribution is 6.28. The number of halogens is 2. The number of carbonyl (C=O) groups excluding carboxylic acids is 2. The summed E-state index contributed by atoms with van der Waals surface area (Å²) in [6, 6.07) is 6.61. The number of amides is 2. The fourth-order valence-corrected chi connectivity index (χ4v) is 4.09. The summed E-state index contributed by atoms with van der Waals surface area (Å²) in [4.78, 5) is 37.0. The second-order valence-corrected chi connectivity index (χ2v) is 8.14. The molecule has 0 saturated carbocycles. The molecule has 1 aromatic heterocycles. The first-order chi connectivity index (χ1) is 15.3. The Morgan fingerprint density at radius 3 is 2.59 bits per heavy atom. The monoisotopic (exact) mass is 462 g/mol. The molecule has 0 aliphatic carbocycles. The Kier molecular flexibility index (Phi) is 6.31. The first-order valence-electron chi connectivity index (χ1n) is 10.3. The summed E-state index contributed by atoms with van der Waals surface area (Å²) in [7, 11) is 0. The molecular formula is C21H24ClFN6O3. The number of ether oxygens (including phenoxy) is 1. The summed E-state index contributed by atoms with van der Waals surface area (Å²) < 4.78 is 20.2. The highest BCUT2D eigenvalue weighted by Gasteiger charge is 2.33. The maximum Gasteiger partial charge on any atom is 0.414 e. The van der Waals surface area contributed by atoms with E-state index in [1.165, 1.54) is 17.9 Å². The van der Waals surface area contributed by atoms with Crippen LogP contribution < -0.4 is 20.0 Å². The molecular weight excluding hydrogens is 439 g/mol. The third kappa shape index (κ3) is 4.85. The van der Waals surface area contributed by atoms with Crippen LogP contribution in [0.4, 0.5) is 26.4 Å². The lowest BCUT2D eigenvalue weighted by Gasteiger charge is -2.37. The lowest BCUT2D eigenvalue weighted by Crippen LogP contribution is -2.47. The summed E-state index contributed by atoms with van der Waals surface area (Å²) in [5.41, 5.74) is 1.70. The van der Waals surface area contributed by atoms with Gasteiger partial charge in [0.05, 0.1) is 24.5 Å². The predicted octanol–water partition coefficient (Wildman–Crippen LogP) is 2.37. The number of carbonyl (C=O) groups is 2. The van der Waals surface area contributed by atoms with E-state index in [0.717, 1.165) is 11.5 Å². The number of piperazine rings is 1. The Labute approximate surface area is 190 Å². The van der Waals surface area contributed by atoms with Crippen molar-refractivity contribution in [3.05, 3.63) is 41.1 Å². The third-order valence-electron chi connectivity index (χ3n) is 5.45. The van der Waals surface area contributed by atoms with Crippen molar-refractivity contribution >= 4 is 40.8 Å². The van der Waals surface area contributed by atoms with Gasteiger partial charge in [-0.2, -0.15) is 0 Å². The quantitative estimate of drug-likeness (QED) is 0.682. The van der Waals surface area contributed by atoms with Gasteiger partial charge < -0.3 is 19.9 Å². The lowest BCUT2D eigenvalue weighted by molar-refractivity contribution is -0.119. The number of nitrogens with zero attached hydrogens (tertiary/aromatic N) is 5. The van der Waals surface area contributed by atoms with Crippen LogP contribution in [0.15, 0.2) is 24.3 Å². The van der Waals surface area contributed by atoms with Gasteiger partial charge in [0.2, 0.25) is 11.2 Å². The molecule has 1 N–H and O–H groups in total. The maximum atomic E-state index is 15.0. The van der Waals surface area contributed by atoms with Crippen molar-refractivity contribution in [3.63, 3.8) is 0 Å². The van der Waals surface area contributed by atoms with Gasteiger partial charge in [-0.05, 0) is 36.7 Å². The van der Waals surface area contributed by atoms with Crippen molar-refractivity contribution in [1.82, 2.24) is 15.3 Å². The van der Waals surface area contributed by atoms with Crippen molar-refractivity contribution in [2.24, 2.45) is 0 Å². The van der Waals surface area contributed by atoms with E-state index in [1.54, 1.807) is 12.1 Å². The molecule has 9 nitrogen and oxygen atoms in total. The molecule has 1 aromatic carbocycles. The standard InChI is InChI=1S/C21H24ClFN6O3/c1-13-9-19(26-20(22)25-13)28-7-5-27(6-8-28)18-4-3-15(10-17(18)23)29-12-16(32-21(29)31)11-24-14(2)30/h3-4,9-10,16H,5-8,11-12H2,1-2H3,(H,24,30)/t16-/m0/s1. The van der Waals surface area contributed by atoms with E-state index in [9.17, 15) is 14.0 Å². The molecule has 1 atom stereocenters. The van der Waals surface area contributed by atoms with Crippen LogP contribution in [0.3, 0.4) is 0 Å². The van der Waals surface area contributed by atoms with E-state index in [0.29, 0.717) is 37.6 Å². The Balaban J connectivity index is 1.40. The van der Waals surface area contributed by atoms with Crippen LogP contribution in [-0.4, -0.2) is 67.3 Å². The summed E-state index contributed by atoms with van der Waals surface area (Å²) in [6.45, 7) is 6.28. The second kappa shape index (κ2) is 9.15. The molecule has 170 valence electrons. The fraction of sp³-hybridized carbons (Fsp3) is 0.429. The number of anilines is 3. The van der Waals surface area contributed by atoms with Gasteiger partial charge in [0, 0.05) is 44.9 Å². The number of hydrogen-bond acceptors (Lipinski definition) is 7. The van der Waals surface area contributed by atoms with Crippen molar-refractivity contribution in [2.75, 3.05) is 54.0 Å². The first-order valence-corrected chi connectivity index (χ1v) is 10.7. The molecule has 0 unspecified atom stereocenters. The van der Waals surface area contributed by atoms with E-state index < -0.39 is 18.0 Å². The van der Waals surface area contributed by atoms with E-state index in [-0.39, 0.29) is 24.3 Å². The number of rotatable bonds is 5. The largest absolute Gasteiger partial charge is 0.442 e. The molecule has 11 heteroatoms. The zero-order valence-electron chi connectivity index (χ0n) is 17.8. The second-order valence-electron chi connectivity index (χ2n) is 7.80. The highest BCUT2D eigenvalue weighted by Crippen LogP contribution is 2.29. The molecule has 0 radical (unpaired) electrons. The van der Waals surface area contributed by atoms with E-state index in [2.05, 4.69) is 20.2 Å². The maximum absolute atomic E-state index is 15.0. The van der Waals surface area contributed by atoms with Gasteiger partial charge in [-0.25, -0.2) is 19.2 Å². The first kappa shape index (κ1) is 22.1. The minimum absolute atomic E-state index is 0.201. The van der Waals surface area contributed by atoms with Crippen LogP contribution in [-0.2, 0) is 9.53 Å². The molecule has 0 spiro atoms. The van der Waals surface area contributed by atoms with Gasteiger partial charge in [0.25, 0.3) is 0 Å². The minimum Gasteiger partial charge on any atom is -0.442 e. The van der Waals surface area contributed by atoms with E-state index >= 15 is 0 Å². The molecule has 3 heterocycles. The Hall–Kier alpha value is -3.14. The van der Waals surface area contributed by atoms with Crippen LogP contribution in [0.25, 0.3) is 0 Å². The Morgan fingerprint density at radius 2 is 1.94 bits per heavy atom. The number of benzene rings is 1. The predicted molar refractivity (Wildman–Crippen MR) is 119 cm³/mol. The summed E-state index contributed by atoms with van der Waals surface area (Å²) in [5.74, 6) is 0.155. The molecule has 2 aromatic rings. The van der Waals surface area contributed by atoms with Gasteiger partial charge >= 0.3 is 6.09 Å². The molecule has 32 heavy (non-hydrogen) atoms. The Bertz CT molecular complexity index is 1010. The number of cyclic esters (lactones) is 1. The van der Waals surface area contributed by atoms with Crippen molar-refractivity contribution < 1.29 is 18.7 Å². The zero-order valence-corrected chi connectivity index (χ0v) is 18.6. The van der Waals surface area contributed by atoms with Crippen LogP contribution in [0.1, 0.15) is 12.6 Å². The zero-order chi connectivity index (χ0) is 22.8. The van der Waals surface area contributed by atoms with Gasteiger partial charge in [-0.15, -0.1) is 0 Å². The van der Waals surface area contributed by atoms with Crippen LogP contribution in [0, 0.1) is 12.7 Å². The summed E-state index contributed by atoms with van der Waals surface area (Å²) in [5, 5.41) is 2.83. The van der Waals surface area contributed by atoms with Crippen LogP contribution >= 0.6 is 11.6 Å². The molecule has 4 rings (SSSR count). The average Bonchev–Trinajstić information content (AvgIpc) is 3.12. The molecule has 0 bridgehead atoms. The van der Waals surface area contributed by atoms with Gasteiger partial charge in [-0.3, -0.25) is 9.69 Å². The fourth-order valence-electron chi connectivity index (χ4n) is 3.87. The molecule has 2 saturated heterocycles. The van der Waals surface area contributed by atoms with Gasteiger partial charge in [0.15, 0.2) is 0 Å². The van der Waals surface area contributed by atoms with Crippen LogP contribution in [0.5, 0.6) is 0 Å². The molecule has 2 aliphatic rings. The van der Waals surface area contributed by atoms with Crippen molar-refractivity contribution in [2.45, 2.75) is 20.0 Å². The van der Waals surface area contributed by atoms with Crippen molar-refractivity contribution in [1.29, 1.82) is 0 Å². The summed E-state index contributed by atoms with van der Waals surface area (Å²) >= 11 is 5.97.